The number of nitrogens with one attached hydrogen (secondary N) is 3. The van der Waals surface area contributed by atoms with Crippen molar-refractivity contribution in [3.05, 3.63) is 56.8 Å². The van der Waals surface area contributed by atoms with Crippen molar-refractivity contribution < 1.29 is 13.3 Å². The van der Waals surface area contributed by atoms with Crippen LogP contribution < -0.4 is 15.4 Å². The number of guanidine groups is 1. The first kappa shape index (κ1) is 20.8. The number of nitro groups is 1. The molecule has 1 aromatic carbocycles. The van der Waals surface area contributed by atoms with E-state index in [4.69, 9.17) is 0 Å². The van der Waals surface area contributed by atoms with Gasteiger partial charge in [-0.2, -0.15) is 11.3 Å². The highest BCUT2D eigenvalue weighted by Gasteiger charge is 2.17. The van der Waals surface area contributed by atoms with E-state index >= 15 is 0 Å². The molecule has 0 saturated heterocycles. The third kappa shape index (κ3) is 6.62. The fraction of sp³-hybridized carbons (Fsp3) is 0.312. The van der Waals surface area contributed by atoms with Crippen LogP contribution in [0.2, 0.25) is 0 Å². The molecule has 0 fully saturated rings. The Hall–Kier alpha value is -2.50. The van der Waals surface area contributed by atoms with Crippen molar-refractivity contribution in [3.8, 4) is 0 Å². The highest BCUT2D eigenvalue weighted by Crippen LogP contribution is 2.16. The van der Waals surface area contributed by atoms with Gasteiger partial charge in [-0.25, -0.2) is 18.1 Å². The average molecular weight is 412 g/mol. The Kier molecular flexibility index (Phi) is 7.70. The fourth-order valence-electron chi connectivity index (χ4n) is 2.11. The number of rotatable bonds is 9. The van der Waals surface area contributed by atoms with Gasteiger partial charge in [0.05, 0.1) is 16.4 Å². The molecule has 11 heteroatoms. The van der Waals surface area contributed by atoms with Crippen molar-refractivity contribution in [3.63, 3.8) is 0 Å². The summed E-state index contributed by atoms with van der Waals surface area (Å²) in [7, 11) is -3.83. The van der Waals surface area contributed by atoms with Gasteiger partial charge in [-0.3, -0.25) is 10.1 Å². The Bertz CT molecular complexity index is 882. The molecule has 2 aromatic rings. The molecule has 0 spiro atoms. The summed E-state index contributed by atoms with van der Waals surface area (Å²) in [6.45, 7) is 3.55. The fourth-order valence-corrected chi connectivity index (χ4v) is 3.84. The van der Waals surface area contributed by atoms with Gasteiger partial charge < -0.3 is 10.6 Å². The maximum Gasteiger partial charge on any atom is 0.270 e. The van der Waals surface area contributed by atoms with Crippen LogP contribution in [0.15, 0.2) is 51.0 Å². The van der Waals surface area contributed by atoms with Gasteiger partial charge >= 0.3 is 0 Å². The monoisotopic (exact) mass is 411 g/mol. The number of hydrogen-bond donors (Lipinski definition) is 3. The summed E-state index contributed by atoms with van der Waals surface area (Å²) in [6, 6.07) is 6.92. The molecule has 1 heterocycles. The van der Waals surface area contributed by atoms with Gasteiger partial charge in [0.25, 0.3) is 5.69 Å². The van der Waals surface area contributed by atoms with Crippen LogP contribution in [-0.2, 0) is 16.6 Å². The second-order valence-electron chi connectivity index (χ2n) is 5.41. The zero-order chi connectivity index (χ0) is 19.7. The number of hydrogen-bond acceptors (Lipinski definition) is 6. The summed E-state index contributed by atoms with van der Waals surface area (Å²) in [5.41, 5.74) is 0.828. The topological polar surface area (TPSA) is 126 Å². The quantitative estimate of drug-likeness (QED) is 0.190. The molecular formula is C16H21N5O4S2. The van der Waals surface area contributed by atoms with Gasteiger partial charge in [0.1, 0.15) is 0 Å². The second kappa shape index (κ2) is 10.00. The number of aliphatic imine (C=N–C) groups is 1. The van der Waals surface area contributed by atoms with E-state index in [-0.39, 0.29) is 17.1 Å². The lowest BCUT2D eigenvalue weighted by Gasteiger charge is -2.12. The first-order chi connectivity index (χ1) is 12.9. The standard InChI is InChI=1S/C16H21N5O4S2/c1-2-17-16(19-11-13-6-9-26-12-13)18-7-8-20-27(24,25)15-5-3-4-14(10-15)21(22)23/h3-6,9-10,12,20H,2,7-8,11H2,1H3,(H2,17,18,19). The average Bonchev–Trinajstić information content (AvgIpc) is 3.17. The Balaban J connectivity index is 1.88. The van der Waals surface area contributed by atoms with Crippen LogP contribution in [0.4, 0.5) is 5.69 Å². The normalized spacial score (nSPS) is 12.0. The molecule has 146 valence electrons. The Labute approximate surface area is 161 Å². The predicted octanol–water partition coefficient (Wildman–Crippen LogP) is 1.69. The van der Waals surface area contributed by atoms with Crippen molar-refractivity contribution in [1.82, 2.24) is 15.4 Å². The van der Waals surface area contributed by atoms with Gasteiger partial charge in [0.2, 0.25) is 10.0 Å². The summed E-state index contributed by atoms with van der Waals surface area (Å²) in [4.78, 5) is 14.4. The lowest BCUT2D eigenvalue weighted by atomic mass is 10.3. The van der Waals surface area contributed by atoms with Crippen LogP contribution in [0, 0.1) is 10.1 Å². The largest absolute Gasteiger partial charge is 0.357 e. The van der Waals surface area contributed by atoms with E-state index in [2.05, 4.69) is 20.3 Å². The number of sulfonamides is 1. The lowest BCUT2D eigenvalue weighted by Crippen LogP contribution is -2.41. The lowest BCUT2D eigenvalue weighted by molar-refractivity contribution is -0.385. The minimum Gasteiger partial charge on any atom is -0.357 e. The van der Waals surface area contributed by atoms with Crippen LogP contribution in [-0.4, -0.2) is 38.9 Å². The predicted molar refractivity (Wildman–Crippen MR) is 105 cm³/mol. The van der Waals surface area contributed by atoms with Crippen LogP contribution in [0.25, 0.3) is 0 Å². The molecule has 0 aliphatic carbocycles. The van der Waals surface area contributed by atoms with Gasteiger partial charge in [0.15, 0.2) is 5.96 Å². The SMILES string of the molecule is CCNC(=NCc1ccsc1)NCCNS(=O)(=O)c1cccc([N+](=O)[O-])c1. The van der Waals surface area contributed by atoms with E-state index < -0.39 is 14.9 Å². The molecule has 0 bridgehead atoms. The van der Waals surface area contributed by atoms with Crippen molar-refractivity contribution in [1.29, 1.82) is 0 Å². The molecule has 27 heavy (non-hydrogen) atoms. The number of nitro benzene ring substituents is 1. The number of benzene rings is 1. The molecule has 0 unspecified atom stereocenters. The Morgan fingerprint density at radius 1 is 1.26 bits per heavy atom. The molecule has 2 rings (SSSR count). The zero-order valence-electron chi connectivity index (χ0n) is 14.7. The first-order valence-corrected chi connectivity index (χ1v) is 10.6. The highest BCUT2D eigenvalue weighted by molar-refractivity contribution is 7.89. The molecule has 0 radical (unpaired) electrons. The van der Waals surface area contributed by atoms with E-state index in [1.807, 2.05) is 23.8 Å². The molecule has 9 nitrogen and oxygen atoms in total. The Morgan fingerprint density at radius 2 is 2.07 bits per heavy atom. The number of non-ortho nitro benzene ring substituents is 1. The van der Waals surface area contributed by atoms with E-state index in [1.165, 1.54) is 18.2 Å². The van der Waals surface area contributed by atoms with Crippen LogP contribution >= 0.6 is 11.3 Å². The number of nitrogens with zero attached hydrogens (tertiary/aromatic N) is 2. The summed E-state index contributed by atoms with van der Waals surface area (Å²) in [5, 5.41) is 20.9. The second-order valence-corrected chi connectivity index (χ2v) is 7.95. The highest BCUT2D eigenvalue weighted by atomic mass is 32.2. The summed E-state index contributed by atoms with van der Waals surface area (Å²) < 4.78 is 26.9. The summed E-state index contributed by atoms with van der Waals surface area (Å²) >= 11 is 1.60. The van der Waals surface area contributed by atoms with Crippen LogP contribution in [0.1, 0.15) is 12.5 Å². The summed E-state index contributed by atoms with van der Waals surface area (Å²) in [5.74, 6) is 0.582. The maximum absolute atomic E-state index is 12.3. The van der Waals surface area contributed by atoms with E-state index in [0.717, 1.165) is 11.6 Å². The van der Waals surface area contributed by atoms with Gasteiger partial charge in [0, 0.05) is 31.8 Å². The van der Waals surface area contributed by atoms with E-state index in [1.54, 1.807) is 11.3 Å². The van der Waals surface area contributed by atoms with E-state index in [9.17, 15) is 18.5 Å². The van der Waals surface area contributed by atoms with Gasteiger partial charge in [-0.05, 0) is 35.4 Å². The molecule has 0 saturated carbocycles. The smallest absolute Gasteiger partial charge is 0.270 e. The van der Waals surface area contributed by atoms with E-state index in [0.29, 0.717) is 25.6 Å². The molecular weight excluding hydrogens is 390 g/mol. The van der Waals surface area contributed by atoms with Crippen LogP contribution in [0.5, 0.6) is 0 Å². The zero-order valence-corrected chi connectivity index (χ0v) is 16.3. The van der Waals surface area contributed by atoms with Gasteiger partial charge in [-0.1, -0.05) is 6.07 Å². The van der Waals surface area contributed by atoms with Crippen molar-refractivity contribution in [2.24, 2.45) is 4.99 Å². The Morgan fingerprint density at radius 3 is 2.74 bits per heavy atom. The molecule has 1 aromatic heterocycles. The molecule has 0 aliphatic heterocycles. The first-order valence-electron chi connectivity index (χ1n) is 8.19. The van der Waals surface area contributed by atoms with Crippen molar-refractivity contribution >= 4 is 33.0 Å². The molecule has 0 aliphatic rings. The molecule has 3 N–H and O–H groups in total. The van der Waals surface area contributed by atoms with Crippen molar-refractivity contribution in [2.75, 3.05) is 19.6 Å². The third-order valence-electron chi connectivity index (χ3n) is 3.39. The number of thiophene rings is 1. The van der Waals surface area contributed by atoms with Crippen molar-refractivity contribution in [2.45, 2.75) is 18.4 Å². The molecule has 0 amide bonds. The van der Waals surface area contributed by atoms with Crippen LogP contribution in [0.3, 0.4) is 0 Å². The molecule has 0 atom stereocenters. The summed E-state index contributed by atoms with van der Waals surface area (Å²) in [6.07, 6.45) is 0. The third-order valence-corrected chi connectivity index (χ3v) is 5.58. The minimum absolute atomic E-state index is 0.105. The van der Waals surface area contributed by atoms with Gasteiger partial charge in [-0.15, -0.1) is 0 Å². The minimum atomic E-state index is -3.83. The maximum atomic E-state index is 12.3.